The van der Waals surface area contributed by atoms with Gasteiger partial charge in [-0.15, -0.1) is 11.8 Å². The van der Waals surface area contributed by atoms with Gasteiger partial charge in [0.05, 0.1) is 33.6 Å². The summed E-state index contributed by atoms with van der Waals surface area (Å²) in [6.45, 7) is 0. The molecule has 0 saturated carbocycles. The van der Waals surface area contributed by atoms with Crippen LogP contribution in [0, 0.1) is 11.6 Å². The van der Waals surface area contributed by atoms with E-state index in [0.717, 1.165) is 11.3 Å². The molecule has 0 spiro atoms. The fourth-order valence-electron chi connectivity index (χ4n) is 2.97. The maximum absolute atomic E-state index is 14.0. The van der Waals surface area contributed by atoms with E-state index in [-0.39, 0.29) is 23.2 Å². The van der Waals surface area contributed by atoms with Crippen LogP contribution in [-0.4, -0.2) is 22.4 Å². The first-order valence-corrected chi connectivity index (χ1v) is 11.1. The number of carbonyl (C=O) groups is 1. The molecule has 8 heteroatoms. The van der Waals surface area contributed by atoms with Gasteiger partial charge in [-0.2, -0.15) is 0 Å². The van der Waals surface area contributed by atoms with Gasteiger partial charge in [0.2, 0.25) is 5.91 Å². The maximum atomic E-state index is 14.0. The standard InChI is InChI=1S/C23H16BrF2N3OS/c24-15-7-10-18(17(26)11-15)28-22(30)13-31-23-12-21(14-5-8-16(25)9-6-14)27-19-3-1-2-4-20(19)29-23/h1-11H,12-13H2,(H,28,30). The molecule has 0 saturated heterocycles. The van der Waals surface area contributed by atoms with Crippen molar-refractivity contribution in [2.75, 3.05) is 11.1 Å². The molecule has 1 aliphatic heterocycles. The molecule has 156 valence electrons. The first-order valence-electron chi connectivity index (χ1n) is 9.36. The Labute approximate surface area is 190 Å². The van der Waals surface area contributed by atoms with E-state index in [2.05, 4.69) is 26.2 Å². The van der Waals surface area contributed by atoms with Crippen molar-refractivity contribution in [1.82, 2.24) is 0 Å². The van der Waals surface area contributed by atoms with Gasteiger partial charge in [0.1, 0.15) is 11.6 Å². The minimum atomic E-state index is -0.515. The van der Waals surface area contributed by atoms with E-state index in [1.54, 1.807) is 18.2 Å². The number of carbonyl (C=O) groups excluding carboxylic acids is 1. The van der Waals surface area contributed by atoms with Gasteiger partial charge in [-0.05, 0) is 48.0 Å². The smallest absolute Gasteiger partial charge is 0.234 e. The van der Waals surface area contributed by atoms with Gasteiger partial charge in [0.25, 0.3) is 0 Å². The minimum Gasteiger partial charge on any atom is -0.323 e. The average Bonchev–Trinajstić information content (AvgIpc) is 2.94. The van der Waals surface area contributed by atoms with Crippen molar-refractivity contribution in [2.45, 2.75) is 6.42 Å². The van der Waals surface area contributed by atoms with E-state index in [9.17, 15) is 13.6 Å². The van der Waals surface area contributed by atoms with Crippen LogP contribution in [0.25, 0.3) is 0 Å². The second-order valence-electron chi connectivity index (χ2n) is 6.70. The van der Waals surface area contributed by atoms with Gasteiger partial charge in [-0.3, -0.25) is 9.79 Å². The Hall–Kier alpha value is -2.84. The molecular formula is C23H16BrF2N3OS. The molecule has 0 aromatic heterocycles. The van der Waals surface area contributed by atoms with Crippen molar-refractivity contribution in [3.8, 4) is 0 Å². The van der Waals surface area contributed by atoms with E-state index in [1.165, 1.54) is 36.0 Å². The molecule has 1 heterocycles. The van der Waals surface area contributed by atoms with Crippen LogP contribution in [0.2, 0.25) is 0 Å². The zero-order valence-corrected chi connectivity index (χ0v) is 18.5. The summed E-state index contributed by atoms with van der Waals surface area (Å²) in [4.78, 5) is 21.8. The lowest BCUT2D eigenvalue weighted by Gasteiger charge is -2.09. The highest BCUT2D eigenvalue weighted by Gasteiger charge is 2.17. The molecule has 3 aromatic carbocycles. The SMILES string of the molecule is O=C(CSC1=Nc2ccccc2N=C(c2ccc(F)cc2)C1)Nc1ccc(Br)cc1F. The molecule has 4 rings (SSSR count). The second-order valence-corrected chi connectivity index (χ2v) is 8.66. The number of halogens is 3. The van der Waals surface area contributed by atoms with Crippen LogP contribution in [0.15, 0.2) is 81.2 Å². The van der Waals surface area contributed by atoms with Gasteiger partial charge < -0.3 is 5.32 Å². The number of benzene rings is 3. The maximum Gasteiger partial charge on any atom is 0.234 e. The third-order valence-corrected chi connectivity index (χ3v) is 5.92. The van der Waals surface area contributed by atoms with Gasteiger partial charge in [0.15, 0.2) is 0 Å². The molecule has 1 aliphatic rings. The normalized spacial score (nSPS) is 13.0. The molecule has 1 N–H and O–H groups in total. The van der Waals surface area contributed by atoms with Gasteiger partial charge in [-0.1, -0.05) is 40.2 Å². The number of fused-ring (bicyclic) bond motifs is 1. The Morgan fingerprint density at radius 1 is 1.00 bits per heavy atom. The molecule has 1 amide bonds. The van der Waals surface area contributed by atoms with Crippen molar-refractivity contribution in [1.29, 1.82) is 0 Å². The minimum absolute atomic E-state index is 0.0627. The quantitative estimate of drug-likeness (QED) is 0.436. The van der Waals surface area contributed by atoms with Crippen LogP contribution in [0.1, 0.15) is 12.0 Å². The lowest BCUT2D eigenvalue weighted by molar-refractivity contribution is -0.113. The predicted octanol–water partition coefficient (Wildman–Crippen LogP) is 6.65. The zero-order chi connectivity index (χ0) is 21.8. The van der Waals surface area contributed by atoms with Crippen LogP contribution in [0.4, 0.5) is 25.8 Å². The fourth-order valence-corrected chi connectivity index (χ4v) is 4.08. The van der Waals surface area contributed by atoms with E-state index in [1.807, 2.05) is 24.3 Å². The monoisotopic (exact) mass is 499 g/mol. The number of nitrogens with zero attached hydrogens (tertiary/aromatic N) is 2. The molecule has 0 unspecified atom stereocenters. The highest BCUT2D eigenvalue weighted by atomic mass is 79.9. The molecule has 4 nitrogen and oxygen atoms in total. The highest BCUT2D eigenvalue weighted by Crippen LogP contribution is 2.33. The number of amides is 1. The van der Waals surface area contributed by atoms with Gasteiger partial charge >= 0.3 is 0 Å². The molecule has 0 fully saturated rings. The second kappa shape index (κ2) is 9.53. The summed E-state index contributed by atoms with van der Waals surface area (Å²) in [5, 5.41) is 3.27. The summed E-state index contributed by atoms with van der Waals surface area (Å²) >= 11 is 4.45. The van der Waals surface area contributed by atoms with Crippen LogP contribution < -0.4 is 5.32 Å². The van der Waals surface area contributed by atoms with Crippen molar-refractivity contribution >= 4 is 61.4 Å². The molecular weight excluding hydrogens is 484 g/mol. The molecule has 3 aromatic rings. The van der Waals surface area contributed by atoms with Crippen molar-refractivity contribution in [3.63, 3.8) is 0 Å². The van der Waals surface area contributed by atoms with Crippen LogP contribution in [-0.2, 0) is 4.79 Å². The number of hydrogen-bond donors (Lipinski definition) is 1. The summed E-state index contributed by atoms with van der Waals surface area (Å²) in [5.74, 6) is -1.11. The predicted molar refractivity (Wildman–Crippen MR) is 126 cm³/mol. The Morgan fingerprint density at radius 2 is 1.71 bits per heavy atom. The average molecular weight is 500 g/mol. The van der Waals surface area contributed by atoms with Crippen LogP contribution >= 0.6 is 27.7 Å². The Balaban J connectivity index is 1.52. The highest BCUT2D eigenvalue weighted by molar-refractivity contribution is 9.10. The molecule has 31 heavy (non-hydrogen) atoms. The number of thioether (sulfide) groups is 1. The van der Waals surface area contributed by atoms with Crippen molar-refractivity contribution in [3.05, 3.63) is 88.4 Å². The number of hydrogen-bond acceptors (Lipinski definition) is 4. The first-order chi connectivity index (χ1) is 15.0. The lowest BCUT2D eigenvalue weighted by atomic mass is 10.1. The number of para-hydroxylation sites is 2. The number of anilines is 1. The topological polar surface area (TPSA) is 53.8 Å². The number of rotatable bonds is 4. The third-order valence-electron chi connectivity index (χ3n) is 4.45. The van der Waals surface area contributed by atoms with E-state index in [4.69, 9.17) is 4.99 Å². The molecule has 0 aliphatic carbocycles. The van der Waals surface area contributed by atoms with Gasteiger partial charge in [0, 0.05) is 10.9 Å². The molecule has 0 atom stereocenters. The summed E-state index contributed by atoms with van der Waals surface area (Å²) in [6.07, 6.45) is 0.394. The van der Waals surface area contributed by atoms with Crippen LogP contribution in [0.5, 0.6) is 0 Å². The summed E-state index contributed by atoms with van der Waals surface area (Å²) in [5.41, 5.74) is 3.04. The number of aliphatic imine (C=N–C) groups is 2. The summed E-state index contributed by atoms with van der Waals surface area (Å²) in [7, 11) is 0. The Morgan fingerprint density at radius 3 is 2.42 bits per heavy atom. The number of nitrogens with one attached hydrogen (secondary N) is 1. The fraction of sp³-hybridized carbons (Fsp3) is 0.0870. The third kappa shape index (κ3) is 5.45. The Bertz CT molecular complexity index is 1200. The van der Waals surface area contributed by atoms with Crippen molar-refractivity contribution in [2.24, 2.45) is 9.98 Å². The van der Waals surface area contributed by atoms with Crippen molar-refractivity contribution < 1.29 is 13.6 Å². The van der Waals surface area contributed by atoms with E-state index >= 15 is 0 Å². The van der Waals surface area contributed by atoms with Crippen LogP contribution in [0.3, 0.4) is 0 Å². The van der Waals surface area contributed by atoms with Gasteiger partial charge in [-0.25, -0.2) is 13.8 Å². The molecule has 0 bridgehead atoms. The summed E-state index contributed by atoms with van der Waals surface area (Å²) in [6, 6.07) is 18.0. The summed E-state index contributed by atoms with van der Waals surface area (Å²) < 4.78 is 27.9. The largest absolute Gasteiger partial charge is 0.323 e. The first kappa shape index (κ1) is 21.4. The Kier molecular flexibility index (Phi) is 6.58. The molecule has 0 radical (unpaired) electrons. The van der Waals surface area contributed by atoms with E-state index in [0.29, 0.717) is 27.3 Å². The van der Waals surface area contributed by atoms with E-state index < -0.39 is 5.82 Å². The zero-order valence-electron chi connectivity index (χ0n) is 16.1. The lowest BCUT2D eigenvalue weighted by Crippen LogP contribution is -2.17.